The van der Waals surface area contributed by atoms with Crippen LogP contribution in [0.2, 0.25) is 0 Å². The molecule has 150 valence electrons. The van der Waals surface area contributed by atoms with Crippen LogP contribution in [0.15, 0.2) is 52.1 Å². The Balaban J connectivity index is 1.46. The summed E-state index contributed by atoms with van der Waals surface area (Å²) in [5.41, 5.74) is 4.60. The SMILES string of the molecule is Cc1cc(CSc2ncccc2C(=O)Nc2ccc(N3CCCC3)c(C)c2)no1. The van der Waals surface area contributed by atoms with Crippen molar-refractivity contribution in [3.63, 3.8) is 0 Å². The van der Waals surface area contributed by atoms with Gasteiger partial charge in [0, 0.05) is 42.5 Å². The highest BCUT2D eigenvalue weighted by molar-refractivity contribution is 7.98. The molecule has 0 aliphatic carbocycles. The van der Waals surface area contributed by atoms with E-state index in [9.17, 15) is 4.79 Å². The summed E-state index contributed by atoms with van der Waals surface area (Å²) in [6.45, 7) is 6.16. The molecule has 1 N–H and O–H groups in total. The first-order valence-electron chi connectivity index (χ1n) is 9.77. The number of nitrogens with zero attached hydrogens (tertiary/aromatic N) is 3. The summed E-state index contributed by atoms with van der Waals surface area (Å²) in [6, 6.07) is 11.6. The standard InChI is InChI=1S/C22H24N4O2S/c1-15-12-17(7-8-20(15)26-10-3-4-11-26)24-21(27)19-6-5-9-23-22(19)29-14-18-13-16(2)28-25-18/h5-9,12-13H,3-4,10-11,14H2,1-2H3,(H,24,27). The molecule has 29 heavy (non-hydrogen) atoms. The number of aromatic nitrogens is 2. The van der Waals surface area contributed by atoms with Crippen LogP contribution >= 0.6 is 11.8 Å². The lowest BCUT2D eigenvalue weighted by Crippen LogP contribution is -2.19. The first-order valence-corrected chi connectivity index (χ1v) is 10.8. The molecule has 1 aliphatic heterocycles. The molecular formula is C22H24N4O2S. The van der Waals surface area contributed by atoms with Crippen LogP contribution in [0.5, 0.6) is 0 Å². The Kier molecular flexibility index (Phi) is 5.85. The van der Waals surface area contributed by atoms with E-state index in [1.807, 2.05) is 25.1 Å². The van der Waals surface area contributed by atoms with E-state index in [1.165, 1.54) is 35.9 Å². The summed E-state index contributed by atoms with van der Waals surface area (Å²) >= 11 is 1.47. The molecule has 1 amide bonds. The summed E-state index contributed by atoms with van der Waals surface area (Å²) in [6.07, 6.45) is 4.18. The van der Waals surface area contributed by atoms with Gasteiger partial charge < -0.3 is 14.7 Å². The lowest BCUT2D eigenvalue weighted by atomic mass is 10.1. The van der Waals surface area contributed by atoms with E-state index >= 15 is 0 Å². The number of carbonyl (C=O) groups excluding carboxylic acids is 1. The number of aryl methyl sites for hydroxylation is 2. The molecule has 1 fully saturated rings. The third-order valence-corrected chi connectivity index (χ3v) is 5.99. The van der Waals surface area contributed by atoms with E-state index < -0.39 is 0 Å². The minimum atomic E-state index is -0.162. The van der Waals surface area contributed by atoms with Gasteiger partial charge in [0.1, 0.15) is 10.8 Å². The van der Waals surface area contributed by atoms with Crippen molar-refractivity contribution in [3.8, 4) is 0 Å². The van der Waals surface area contributed by atoms with Gasteiger partial charge in [0.15, 0.2) is 0 Å². The molecule has 0 unspecified atom stereocenters. The lowest BCUT2D eigenvalue weighted by molar-refractivity contribution is 0.102. The molecule has 0 atom stereocenters. The van der Waals surface area contributed by atoms with Gasteiger partial charge in [0.2, 0.25) is 0 Å². The average molecular weight is 409 g/mol. The van der Waals surface area contributed by atoms with Gasteiger partial charge in [-0.3, -0.25) is 4.79 Å². The number of benzene rings is 1. The number of nitrogens with one attached hydrogen (secondary N) is 1. The second-order valence-electron chi connectivity index (χ2n) is 7.22. The molecule has 1 saturated heterocycles. The fraction of sp³-hybridized carbons (Fsp3) is 0.318. The van der Waals surface area contributed by atoms with Crippen LogP contribution in [0.1, 0.15) is 40.2 Å². The van der Waals surface area contributed by atoms with Gasteiger partial charge in [-0.1, -0.05) is 16.9 Å². The molecule has 0 spiro atoms. The average Bonchev–Trinajstić information content (AvgIpc) is 3.38. The number of hydrogen-bond acceptors (Lipinski definition) is 6. The number of carbonyl (C=O) groups is 1. The zero-order chi connectivity index (χ0) is 20.2. The number of pyridine rings is 1. The maximum atomic E-state index is 12.9. The predicted octanol–water partition coefficient (Wildman–Crippen LogP) is 4.83. The number of thioether (sulfide) groups is 1. The van der Waals surface area contributed by atoms with E-state index in [1.54, 1.807) is 18.3 Å². The van der Waals surface area contributed by atoms with Crippen molar-refractivity contribution in [1.29, 1.82) is 0 Å². The first-order chi connectivity index (χ1) is 14.1. The third-order valence-electron chi connectivity index (χ3n) is 4.95. The lowest BCUT2D eigenvalue weighted by Gasteiger charge is -2.20. The summed E-state index contributed by atoms with van der Waals surface area (Å²) in [5, 5.41) is 7.69. The monoisotopic (exact) mass is 408 g/mol. The molecule has 7 heteroatoms. The van der Waals surface area contributed by atoms with Crippen molar-refractivity contribution in [2.24, 2.45) is 0 Å². The van der Waals surface area contributed by atoms with Crippen molar-refractivity contribution in [1.82, 2.24) is 10.1 Å². The topological polar surface area (TPSA) is 71.3 Å². The molecule has 6 nitrogen and oxygen atoms in total. The molecule has 1 aromatic carbocycles. The van der Waals surface area contributed by atoms with Gasteiger partial charge in [0.25, 0.3) is 5.91 Å². The molecule has 4 rings (SSSR count). The van der Waals surface area contributed by atoms with Crippen LogP contribution in [0, 0.1) is 13.8 Å². The Morgan fingerprint density at radius 3 is 2.76 bits per heavy atom. The number of anilines is 2. The maximum Gasteiger partial charge on any atom is 0.258 e. The molecule has 3 aromatic rings. The van der Waals surface area contributed by atoms with Crippen molar-refractivity contribution in [2.75, 3.05) is 23.3 Å². The largest absolute Gasteiger partial charge is 0.371 e. The number of hydrogen-bond donors (Lipinski definition) is 1. The van der Waals surface area contributed by atoms with Gasteiger partial charge in [-0.05, 0) is 62.6 Å². The first kappa shape index (κ1) is 19.5. The van der Waals surface area contributed by atoms with Crippen molar-refractivity contribution < 1.29 is 9.32 Å². The van der Waals surface area contributed by atoms with Crippen LogP contribution in [0.4, 0.5) is 11.4 Å². The van der Waals surface area contributed by atoms with Crippen LogP contribution in [0.25, 0.3) is 0 Å². The number of rotatable bonds is 6. The highest BCUT2D eigenvalue weighted by Crippen LogP contribution is 2.28. The minimum Gasteiger partial charge on any atom is -0.371 e. The Morgan fingerprint density at radius 2 is 2.03 bits per heavy atom. The summed E-state index contributed by atoms with van der Waals surface area (Å²) in [5.74, 6) is 1.20. The minimum absolute atomic E-state index is 0.162. The van der Waals surface area contributed by atoms with E-state index in [4.69, 9.17) is 4.52 Å². The Hall–Kier alpha value is -2.80. The number of amides is 1. The highest BCUT2D eigenvalue weighted by atomic mass is 32.2. The van der Waals surface area contributed by atoms with Gasteiger partial charge in [-0.15, -0.1) is 0 Å². The molecule has 0 bridgehead atoms. The molecule has 0 radical (unpaired) electrons. The van der Waals surface area contributed by atoms with E-state index in [-0.39, 0.29) is 5.91 Å². The van der Waals surface area contributed by atoms with Crippen LogP contribution in [-0.4, -0.2) is 29.1 Å². The van der Waals surface area contributed by atoms with Gasteiger partial charge in [0.05, 0.1) is 11.3 Å². The van der Waals surface area contributed by atoms with E-state index in [0.717, 1.165) is 30.2 Å². The van der Waals surface area contributed by atoms with Crippen molar-refractivity contribution in [3.05, 3.63) is 65.2 Å². The van der Waals surface area contributed by atoms with Crippen LogP contribution < -0.4 is 10.2 Å². The molecule has 3 heterocycles. The van der Waals surface area contributed by atoms with Crippen molar-refractivity contribution in [2.45, 2.75) is 37.5 Å². The smallest absolute Gasteiger partial charge is 0.258 e. The van der Waals surface area contributed by atoms with Crippen LogP contribution in [0.3, 0.4) is 0 Å². The zero-order valence-electron chi connectivity index (χ0n) is 16.6. The Labute approximate surface area is 174 Å². The third kappa shape index (κ3) is 4.62. The van der Waals surface area contributed by atoms with Crippen LogP contribution in [-0.2, 0) is 5.75 Å². The molecule has 2 aromatic heterocycles. The van der Waals surface area contributed by atoms with Gasteiger partial charge >= 0.3 is 0 Å². The highest BCUT2D eigenvalue weighted by Gasteiger charge is 2.17. The van der Waals surface area contributed by atoms with Crippen molar-refractivity contribution >= 4 is 29.0 Å². The summed E-state index contributed by atoms with van der Waals surface area (Å²) in [4.78, 5) is 19.7. The second-order valence-corrected chi connectivity index (χ2v) is 8.19. The summed E-state index contributed by atoms with van der Waals surface area (Å²) < 4.78 is 5.10. The second kappa shape index (κ2) is 8.69. The fourth-order valence-corrected chi connectivity index (χ4v) is 4.42. The zero-order valence-corrected chi connectivity index (χ0v) is 17.5. The van der Waals surface area contributed by atoms with E-state index in [2.05, 4.69) is 33.3 Å². The summed E-state index contributed by atoms with van der Waals surface area (Å²) in [7, 11) is 0. The normalized spacial score (nSPS) is 13.7. The maximum absolute atomic E-state index is 12.9. The Morgan fingerprint density at radius 1 is 1.21 bits per heavy atom. The van der Waals surface area contributed by atoms with Gasteiger partial charge in [-0.2, -0.15) is 0 Å². The van der Waals surface area contributed by atoms with Gasteiger partial charge in [-0.25, -0.2) is 4.98 Å². The predicted molar refractivity (Wildman–Crippen MR) is 116 cm³/mol. The quantitative estimate of drug-likeness (QED) is 0.589. The molecule has 1 aliphatic rings. The Bertz CT molecular complexity index is 1010. The molecular weight excluding hydrogens is 384 g/mol. The fourth-order valence-electron chi connectivity index (χ4n) is 3.55. The van der Waals surface area contributed by atoms with E-state index in [0.29, 0.717) is 16.3 Å². The molecule has 0 saturated carbocycles.